The Morgan fingerprint density at radius 3 is 2.70 bits per heavy atom. The van der Waals surface area contributed by atoms with E-state index in [9.17, 15) is 4.79 Å². The highest BCUT2D eigenvalue weighted by atomic mass is 79.9. The molecule has 0 saturated heterocycles. The number of carbonyl (C=O) groups is 1. The number of hydrogen-bond donors (Lipinski definition) is 2. The highest BCUT2D eigenvalue weighted by Crippen LogP contribution is 2.15. The Morgan fingerprint density at radius 2 is 2.00 bits per heavy atom. The van der Waals surface area contributed by atoms with Crippen LogP contribution in [0.25, 0.3) is 0 Å². The van der Waals surface area contributed by atoms with Crippen molar-refractivity contribution < 1.29 is 4.79 Å². The fourth-order valence-electron chi connectivity index (χ4n) is 1.57. The van der Waals surface area contributed by atoms with Gasteiger partial charge in [0.15, 0.2) is 5.11 Å². The van der Waals surface area contributed by atoms with Gasteiger partial charge in [0.25, 0.3) is 5.91 Å². The maximum absolute atomic E-state index is 12.1. The molecule has 0 bridgehead atoms. The molecule has 0 aliphatic rings. The lowest BCUT2D eigenvalue weighted by molar-refractivity contribution is 0.0977. The van der Waals surface area contributed by atoms with Crippen LogP contribution in [0, 0.1) is 6.92 Å². The summed E-state index contributed by atoms with van der Waals surface area (Å²) in [5.41, 5.74) is 1.47. The maximum atomic E-state index is 12.1. The Hall–Kier alpha value is -1.79. The van der Waals surface area contributed by atoms with Crippen LogP contribution in [-0.2, 0) is 0 Å². The number of benzene rings is 1. The molecule has 1 aromatic heterocycles. The minimum Gasteiger partial charge on any atom is -0.317 e. The fourth-order valence-corrected chi connectivity index (χ4v) is 2.23. The molecular weight excluding hydrogens is 338 g/mol. The molecule has 6 heteroatoms. The van der Waals surface area contributed by atoms with Gasteiger partial charge in [0.1, 0.15) is 5.82 Å². The predicted octanol–water partition coefficient (Wildman–Crippen LogP) is 3.28. The maximum Gasteiger partial charge on any atom is 0.258 e. The van der Waals surface area contributed by atoms with E-state index >= 15 is 0 Å². The van der Waals surface area contributed by atoms with E-state index in [1.165, 1.54) is 0 Å². The zero-order chi connectivity index (χ0) is 14.5. The third-order valence-electron chi connectivity index (χ3n) is 2.59. The Morgan fingerprint density at radius 1 is 1.25 bits per heavy atom. The monoisotopic (exact) mass is 349 g/mol. The van der Waals surface area contributed by atoms with Gasteiger partial charge in [-0.15, -0.1) is 0 Å². The Balaban J connectivity index is 2.04. The van der Waals surface area contributed by atoms with Gasteiger partial charge in [0.2, 0.25) is 0 Å². The summed E-state index contributed by atoms with van der Waals surface area (Å²) in [7, 11) is 0. The van der Waals surface area contributed by atoms with E-state index < -0.39 is 0 Å². The van der Waals surface area contributed by atoms with E-state index in [1.807, 2.05) is 25.1 Å². The molecule has 0 fully saturated rings. The number of pyridine rings is 1. The Labute approximate surface area is 130 Å². The lowest BCUT2D eigenvalue weighted by atomic mass is 10.2. The van der Waals surface area contributed by atoms with Crippen LogP contribution in [0.3, 0.4) is 0 Å². The van der Waals surface area contributed by atoms with Crippen molar-refractivity contribution in [2.45, 2.75) is 6.92 Å². The summed E-state index contributed by atoms with van der Waals surface area (Å²) in [6, 6.07) is 10.9. The van der Waals surface area contributed by atoms with Crippen molar-refractivity contribution in [2.75, 3.05) is 5.32 Å². The van der Waals surface area contributed by atoms with Crippen LogP contribution in [0.2, 0.25) is 0 Å². The SMILES string of the molecule is Cc1cccnc1NC(=S)NC(=O)c1ccccc1Br. The van der Waals surface area contributed by atoms with Crippen LogP contribution in [0.15, 0.2) is 47.1 Å². The lowest BCUT2D eigenvalue weighted by Gasteiger charge is -2.11. The first-order chi connectivity index (χ1) is 9.58. The van der Waals surface area contributed by atoms with Crippen LogP contribution in [0.1, 0.15) is 15.9 Å². The second-order valence-corrected chi connectivity index (χ2v) is 5.32. The molecule has 1 amide bonds. The fraction of sp³-hybridized carbons (Fsp3) is 0.0714. The van der Waals surface area contributed by atoms with Crippen LogP contribution < -0.4 is 10.6 Å². The normalized spacial score (nSPS) is 9.90. The largest absolute Gasteiger partial charge is 0.317 e. The minimum absolute atomic E-state index is 0.215. The van der Waals surface area contributed by atoms with Gasteiger partial charge in [0.05, 0.1) is 5.56 Å². The van der Waals surface area contributed by atoms with Crippen molar-refractivity contribution >= 4 is 45.0 Å². The second-order valence-electron chi connectivity index (χ2n) is 4.06. The van der Waals surface area contributed by atoms with Gasteiger partial charge in [-0.3, -0.25) is 10.1 Å². The summed E-state index contributed by atoms with van der Waals surface area (Å²) >= 11 is 8.45. The molecule has 0 aliphatic carbocycles. The molecule has 0 unspecified atom stereocenters. The summed E-state index contributed by atoms with van der Waals surface area (Å²) < 4.78 is 0.717. The molecular formula is C14H12BrN3OS. The zero-order valence-corrected chi connectivity index (χ0v) is 13.1. The quantitative estimate of drug-likeness (QED) is 0.817. The molecule has 0 spiro atoms. The number of nitrogens with one attached hydrogen (secondary N) is 2. The Bertz CT molecular complexity index is 660. The number of anilines is 1. The number of aryl methyl sites for hydroxylation is 1. The molecule has 20 heavy (non-hydrogen) atoms. The van der Waals surface area contributed by atoms with Crippen molar-refractivity contribution in [3.63, 3.8) is 0 Å². The first-order valence-corrected chi connectivity index (χ1v) is 7.06. The summed E-state index contributed by atoms with van der Waals surface area (Å²) in [6.07, 6.45) is 1.66. The van der Waals surface area contributed by atoms with Gasteiger partial charge in [0, 0.05) is 10.7 Å². The van der Waals surface area contributed by atoms with E-state index in [2.05, 4.69) is 31.5 Å². The predicted molar refractivity (Wildman–Crippen MR) is 86.8 cm³/mol. The second kappa shape index (κ2) is 6.58. The third kappa shape index (κ3) is 3.61. The van der Waals surface area contributed by atoms with E-state index in [0.717, 1.165) is 5.56 Å². The average molecular weight is 350 g/mol. The van der Waals surface area contributed by atoms with Crippen LogP contribution in [-0.4, -0.2) is 16.0 Å². The average Bonchev–Trinajstić information content (AvgIpc) is 2.41. The highest BCUT2D eigenvalue weighted by Gasteiger charge is 2.11. The van der Waals surface area contributed by atoms with Gasteiger partial charge in [-0.05, 0) is 58.8 Å². The molecule has 2 aromatic rings. The first-order valence-electron chi connectivity index (χ1n) is 5.86. The molecule has 0 aliphatic heterocycles. The summed E-state index contributed by atoms with van der Waals surface area (Å²) in [5, 5.41) is 5.74. The minimum atomic E-state index is -0.274. The lowest BCUT2D eigenvalue weighted by Crippen LogP contribution is -2.34. The first kappa shape index (κ1) is 14.6. The molecule has 1 heterocycles. The van der Waals surface area contributed by atoms with Crippen molar-refractivity contribution in [1.82, 2.24) is 10.3 Å². The molecule has 2 rings (SSSR count). The topological polar surface area (TPSA) is 54.0 Å². The van der Waals surface area contributed by atoms with Gasteiger partial charge in [-0.1, -0.05) is 18.2 Å². The number of halogens is 1. The van der Waals surface area contributed by atoms with E-state index in [-0.39, 0.29) is 11.0 Å². The van der Waals surface area contributed by atoms with Gasteiger partial charge < -0.3 is 5.32 Å². The number of nitrogens with zero attached hydrogens (tertiary/aromatic N) is 1. The number of hydrogen-bond acceptors (Lipinski definition) is 3. The molecule has 4 nitrogen and oxygen atoms in total. The Kier molecular flexibility index (Phi) is 4.81. The summed E-state index contributed by atoms with van der Waals surface area (Å²) in [6.45, 7) is 1.91. The van der Waals surface area contributed by atoms with Crippen molar-refractivity contribution in [3.8, 4) is 0 Å². The van der Waals surface area contributed by atoms with Crippen LogP contribution in [0.5, 0.6) is 0 Å². The molecule has 102 valence electrons. The highest BCUT2D eigenvalue weighted by molar-refractivity contribution is 9.10. The zero-order valence-electron chi connectivity index (χ0n) is 10.7. The number of carbonyl (C=O) groups excluding carboxylic acids is 1. The van der Waals surface area contributed by atoms with Gasteiger partial charge in [-0.25, -0.2) is 4.98 Å². The van der Waals surface area contributed by atoms with Gasteiger partial charge in [-0.2, -0.15) is 0 Å². The molecule has 0 radical (unpaired) electrons. The molecule has 0 atom stereocenters. The number of amides is 1. The number of rotatable bonds is 2. The number of aromatic nitrogens is 1. The number of thiocarbonyl (C=S) groups is 1. The van der Waals surface area contributed by atoms with Crippen molar-refractivity contribution in [2.24, 2.45) is 0 Å². The van der Waals surface area contributed by atoms with Crippen molar-refractivity contribution in [3.05, 3.63) is 58.2 Å². The smallest absolute Gasteiger partial charge is 0.258 e. The van der Waals surface area contributed by atoms with Crippen LogP contribution in [0.4, 0.5) is 5.82 Å². The summed E-state index contributed by atoms with van der Waals surface area (Å²) in [5.74, 6) is 0.355. The molecule has 2 N–H and O–H groups in total. The standard InChI is InChI=1S/C14H12BrN3OS/c1-9-5-4-8-16-12(9)17-14(20)18-13(19)10-6-2-3-7-11(10)15/h2-8H,1H3,(H2,16,17,18,19,20). The molecule has 1 aromatic carbocycles. The van der Waals surface area contributed by atoms with Crippen molar-refractivity contribution in [1.29, 1.82) is 0 Å². The van der Waals surface area contributed by atoms with E-state index in [4.69, 9.17) is 12.2 Å². The summed E-state index contributed by atoms with van der Waals surface area (Å²) in [4.78, 5) is 16.2. The van der Waals surface area contributed by atoms with E-state index in [0.29, 0.717) is 15.9 Å². The van der Waals surface area contributed by atoms with Gasteiger partial charge >= 0.3 is 0 Å². The van der Waals surface area contributed by atoms with E-state index in [1.54, 1.807) is 24.4 Å². The third-order valence-corrected chi connectivity index (χ3v) is 3.48. The molecule has 0 saturated carbocycles. The van der Waals surface area contributed by atoms with Crippen LogP contribution >= 0.6 is 28.1 Å².